The van der Waals surface area contributed by atoms with Crippen molar-refractivity contribution in [2.45, 2.75) is 12.8 Å². The lowest BCUT2D eigenvalue weighted by atomic mass is 10.1. The van der Waals surface area contributed by atoms with Gasteiger partial charge in [0.05, 0.1) is 18.7 Å². The van der Waals surface area contributed by atoms with Gasteiger partial charge in [-0.3, -0.25) is 0 Å². The molecule has 0 bridgehead atoms. The predicted octanol–water partition coefficient (Wildman–Crippen LogP) is 3.63. The minimum absolute atomic E-state index is 0.226. The van der Waals surface area contributed by atoms with Crippen LogP contribution < -0.4 is 4.48 Å². The number of hydrogen-bond acceptors (Lipinski definition) is 1. The van der Waals surface area contributed by atoms with Crippen molar-refractivity contribution < 1.29 is 4.79 Å². The fraction of sp³-hybridized carbons (Fsp3) is 0.235. The second kappa shape index (κ2) is 4.98. The maximum absolute atomic E-state index is 12.9. The van der Waals surface area contributed by atoms with Crippen LogP contribution in [0.3, 0.4) is 0 Å². The van der Waals surface area contributed by atoms with E-state index in [1.54, 1.807) is 0 Å². The zero-order valence-corrected chi connectivity index (χ0v) is 11.0. The van der Waals surface area contributed by atoms with E-state index in [9.17, 15) is 4.79 Å². The smallest absolute Gasteiger partial charge is 0.225 e. The summed E-state index contributed by atoms with van der Waals surface area (Å²) < 4.78 is 0.477. The highest BCUT2D eigenvalue weighted by Gasteiger charge is 2.42. The van der Waals surface area contributed by atoms with Crippen LogP contribution in [0.15, 0.2) is 60.7 Å². The number of carbonyl (C=O) groups excluding carboxylic acids is 1. The number of nitrogens with zero attached hydrogens (tertiary/aromatic N) is 1. The molecule has 1 saturated heterocycles. The van der Waals surface area contributed by atoms with Gasteiger partial charge in [0.25, 0.3) is 0 Å². The summed E-state index contributed by atoms with van der Waals surface area (Å²) in [7, 11) is 0. The van der Waals surface area contributed by atoms with Crippen molar-refractivity contribution in [2.24, 2.45) is 0 Å². The molecule has 0 aliphatic carbocycles. The van der Waals surface area contributed by atoms with Crippen LogP contribution in [0.2, 0.25) is 0 Å². The van der Waals surface area contributed by atoms with Crippen molar-refractivity contribution in [2.75, 3.05) is 13.1 Å². The Morgan fingerprint density at radius 3 is 1.89 bits per heavy atom. The molecule has 1 fully saturated rings. The van der Waals surface area contributed by atoms with Crippen molar-refractivity contribution in [1.29, 1.82) is 0 Å². The number of rotatable bonds is 2. The van der Waals surface area contributed by atoms with Crippen molar-refractivity contribution >= 4 is 11.6 Å². The normalized spacial score (nSPS) is 17.3. The molecule has 0 radical (unpaired) electrons. The Labute approximate surface area is 113 Å². The first kappa shape index (κ1) is 12.1. The molecule has 2 aromatic carbocycles. The van der Waals surface area contributed by atoms with Gasteiger partial charge >= 0.3 is 5.91 Å². The Bertz CT molecular complexity index is 556. The maximum atomic E-state index is 12.9. The van der Waals surface area contributed by atoms with Gasteiger partial charge in [-0.25, -0.2) is 9.28 Å². The van der Waals surface area contributed by atoms with Crippen LogP contribution in [-0.2, 0) is 0 Å². The summed E-state index contributed by atoms with van der Waals surface area (Å²) >= 11 is 0. The van der Waals surface area contributed by atoms with Gasteiger partial charge in [0.1, 0.15) is 5.69 Å². The Kier molecular flexibility index (Phi) is 3.18. The van der Waals surface area contributed by atoms with Gasteiger partial charge in [0, 0.05) is 12.8 Å². The third kappa shape index (κ3) is 2.08. The molecular weight excluding hydrogens is 234 g/mol. The molecule has 3 rings (SSSR count). The highest BCUT2D eigenvalue weighted by molar-refractivity contribution is 6.02. The van der Waals surface area contributed by atoms with E-state index >= 15 is 0 Å². The van der Waals surface area contributed by atoms with Crippen LogP contribution in [0.25, 0.3) is 0 Å². The van der Waals surface area contributed by atoms with Crippen LogP contribution in [0.5, 0.6) is 0 Å². The second-order valence-electron chi connectivity index (χ2n) is 5.13. The summed E-state index contributed by atoms with van der Waals surface area (Å²) in [5.74, 6) is 0.226. The van der Waals surface area contributed by atoms with E-state index in [4.69, 9.17) is 0 Å². The van der Waals surface area contributed by atoms with Crippen LogP contribution in [0.1, 0.15) is 23.2 Å². The monoisotopic (exact) mass is 252 g/mol. The number of benzene rings is 2. The summed E-state index contributed by atoms with van der Waals surface area (Å²) in [4.78, 5) is 12.9. The molecule has 0 unspecified atom stereocenters. The number of carbonyl (C=O) groups is 1. The molecular formula is C17H18NO+. The summed E-state index contributed by atoms with van der Waals surface area (Å²) in [5.41, 5.74) is 1.93. The van der Waals surface area contributed by atoms with E-state index in [1.165, 1.54) is 0 Å². The molecule has 0 N–H and O–H groups in total. The van der Waals surface area contributed by atoms with Gasteiger partial charge in [0.15, 0.2) is 0 Å². The molecule has 0 atom stereocenters. The van der Waals surface area contributed by atoms with Crippen LogP contribution in [0.4, 0.5) is 5.69 Å². The average Bonchev–Trinajstić information content (AvgIpc) is 2.99. The van der Waals surface area contributed by atoms with Crippen LogP contribution in [0, 0.1) is 0 Å². The average molecular weight is 252 g/mol. The molecule has 96 valence electrons. The number of amides is 1. The van der Waals surface area contributed by atoms with Crippen molar-refractivity contribution in [3.63, 3.8) is 0 Å². The molecule has 1 amide bonds. The molecule has 0 saturated carbocycles. The van der Waals surface area contributed by atoms with E-state index in [0.717, 1.165) is 37.2 Å². The standard InChI is InChI=1S/C17H18NO/c19-17(15-9-3-1-4-10-15)18(13-7-8-14-18)16-11-5-2-6-12-16/h1-6,9-12H,7-8,13-14H2/q+1. The molecule has 0 spiro atoms. The number of quaternary nitrogens is 1. The lowest BCUT2D eigenvalue weighted by Gasteiger charge is -2.30. The maximum Gasteiger partial charge on any atom is 0.350 e. The minimum Gasteiger partial charge on any atom is -0.225 e. The first-order valence-electron chi connectivity index (χ1n) is 6.86. The third-order valence-corrected chi connectivity index (χ3v) is 3.99. The quantitative estimate of drug-likeness (QED) is 0.746. The minimum atomic E-state index is 0.226. The molecule has 1 heterocycles. The number of para-hydroxylation sites is 1. The highest BCUT2D eigenvalue weighted by Crippen LogP contribution is 2.31. The molecule has 2 aromatic rings. The van der Waals surface area contributed by atoms with Gasteiger partial charge in [-0.1, -0.05) is 36.4 Å². The van der Waals surface area contributed by atoms with E-state index in [2.05, 4.69) is 12.1 Å². The van der Waals surface area contributed by atoms with E-state index in [0.29, 0.717) is 4.48 Å². The lowest BCUT2D eigenvalue weighted by molar-refractivity contribution is 0.0798. The zero-order chi connectivity index (χ0) is 13.1. The Hall–Kier alpha value is -1.93. The van der Waals surface area contributed by atoms with Gasteiger partial charge in [-0.05, 0) is 24.3 Å². The van der Waals surface area contributed by atoms with Gasteiger partial charge < -0.3 is 0 Å². The molecule has 0 aromatic heterocycles. The summed E-state index contributed by atoms with van der Waals surface area (Å²) in [6.07, 6.45) is 2.24. The van der Waals surface area contributed by atoms with Crippen molar-refractivity contribution in [3.05, 3.63) is 66.2 Å². The number of hydrogen-bond donors (Lipinski definition) is 0. The largest absolute Gasteiger partial charge is 0.350 e. The highest BCUT2D eigenvalue weighted by atomic mass is 16.2. The fourth-order valence-corrected chi connectivity index (χ4v) is 2.99. The van der Waals surface area contributed by atoms with Gasteiger partial charge in [-0.15, -0.1) is 0 Å². The molecule has 2 heteroatoms. The Balaban J connectivity index is 2.05. The van der Waals surface area contributed by atoms with E-state index in [-0.39, 0.29) is 5.91 Å². The van der Waals surface area contributed by atoms with Crippen molar-refractivity contribution in [3.8, 4) is 0 Å². The summed E-state index contributed by atoms with van der Waals surface area (Å²) in [6, 6.07) is 19.9. The van der Waals surface area contributed by atoms with Gasteiger partial charge in [0.2, 0.25) is 0 Å². The molecule has 1 aliphatic heterocycles. The summed E-state index contributed by atoms with van der Waals surface area (Å²) in [6.45, 7) is 1.83. The van der Waals surface area contributed by atoms with Gasteiger partial charge in [-0.2, -0.15) is 0 Å². The Morgan fingerprint density at radius 1 is 0.789 bits per heavy atom. The third-order valence-electron chi connectivity index (χ3n) is 3.99. The van der Waals surface area contributed by atoms with Crippen LogP contribution >= 0.6 is 0 Å². The predicted molar refractivity (Wildman–Crippen MR) is 78.0 cm³/mol. The topological polar surface area (TPSA) is 17.1 Å². The fourth-order valence-electron chi connectivity index (χ4n) is 2.99. The molecule has 19 heavy (non-hydrogen) atoms. The summed E-state index contributed by atoms with van der Waals surface area (Å²) in [5, 5.41) is 0. The lowest BCUT2D eigenvalue weighted by Crippen LogP contribution is -2.51. The molecule has 2 nitrogen and oxygen atoms in total. The first-order valence-corrected chi connectivity index (χ1v) is 6.86. The van der Waals surface area contributed by atoms with Crippen LogP contribution in [-0.4, -0.2) is 19.0 Å². The molecule has 1 aliphatic rings. The SMILES string of the molecule is O=C(c1ccccc1)[N+]1(c2ccccc2)CCCC1. The second-order valence-corrected chi connectivity index (χ2v) is 5.13. The first-order chi connectivity index (χ1) is 9.33. The number of likely N-dealkylation sites (tertiary alicyclic amines) is 1. The zero-order valence-electron chi connectivity index (χ0n) is 11.0. The Morgan fingerprint density at radius 2 is 1.32 bits per heavy atom. The van der Waals surface area contributed by atoms with E-state index < -0.39 is 0 Å². The van der Waals surface area contributed by atoms with E-state index in [1.807, 2.05) is 48.5 Å². The van der Waals surface area contributed by atoms with Crippen molar-refractivity contribution in [1.82, 2.24) is 4.48 Å².